The molecule has 1 saturated heterocycles. The van der Waals surface area contributed by atoms with Gasteiger partial charge in [0.15, 0.2) is 0 Å². The molecule has 88 valence electrons. The zero-order valence-electron chi connectivity index (χ0n) is 9.56. The van der Waals surface area contributed by atoms with Crippen LogP contribution in [0.25, 0.3) is 0 Å². The molecule has 1 aliphatic rings. The Hall–Kier alpha value is -0.580. The van der Waals surface area contributed by atoms with Gasteiger partial charge in [0.2, 0.25) is 0 Å². The fraction of sp³-hybridized carbons (Fsp3) is 0.583. The van der Waals surface area contributed by atoms with E-state index in [1.807, 2.05) is 19.2 Å². The van der Waals surface area contributed by atoms with Crippen molar-refractivity contribution in [3.8, 4) is 0 Å². The van der Waals surface area contributed by atoms with E-state index in [2.05, 4.69) is 11.1 Å². The van der Waals surface area contributed by atoms with Crippen molar-refractivity contribution in [2.75, 3.05) is 12.4 Å². The van der Waals surface area contributed by atoms with Crippen molar-refractivity contribution >= 4 is 11.8 Å². The van der Waals surface area contributed by atoms with Gasteiger partial charge >= 0.3 is 0 Å². The van der Waals surface area contributed by atoms with E-state index >= 15 is 0 Å². The molecule has 2 rings (SSSR count). The quantitative estimate of drug-likeness (QED) is 0.818. The van der Waals surface area contributed by atoms with E-state index in [1.54, 1.807) is 11.8 Å². The van der Waals surface area contributed by atoms with Gasteiger partial charge in [0.05, 0.1) is 6.10 Å². The fourth-order valence-corrected chi connectivity index (χ4v) is 2.98. The predicted molar refractivity (Wildman–Crippen MR) is 66.5 cm³/mol. The molecule has 0 saturated carbocycles. The van der Waals surface area contributed by atoms with Crippen LogP contribution in [0.15, 0.2) is 23.4 Å². The Balaban J connectivity index is 1.97. The summed E-state index contributed by atoms with van der Waals surface area (Å²) >= 11 is 1.76. The van der Waals surface area contributed by atoms with Crippen molar-refractivity contribution in [2.24, 2.45) is 5.73 Å². The third-order valence-electron chi connectivity index (χ3n) is 2.72. The molecule has 3 nitrogen and oxygen atoms in total. The van der Waals surface area contributed by atoms with Crippen LogP contribution in [0.1, 0.15) is 31.4 Å². The van der Waals surface area contributed by atoms with Crippen molar-refractivity contribution in [3.05, 3.63) is 23.9 Å². The van der Waals surface area contributed by atoms with Crippen molar-refractivity contribution in [3.63, 3.8) is 0 Å². The predicted octanol–water partition coefficient (Wildman–Crippen LogP) is 2.37. The average Bonchev–Trinajstić information content (AvgIpc) is 2.79. The lowest BCUT2D eigenvalue weighted by molar-refractivity contribution is 0.129. The summed E-state index contributed by atoms with van der Waals surface area (Å²) in [6.07, 6.45) is 4.58. The molecule has 0 aliphatic carbocycles. The van der Waals surface area contributed by atoms with Crippen LogP contribution in [0, 0.1) is 0 Å². The Morgan fingerprint density at radius 3 is 3.25 bits per heavy atom. The minimum absolute atomic E-state index is 0.0423. The van der Waals surface area contributed by atoms with Crippen LogP contribution >= 0.6 is 11.8 Å². The number of nitrogens with two attached hydrogens (primary N) is 1. The largest absolute Gasteiger partial charge is 0.377 e. The van der Waals surface area contributed by atoms with Crippen LogP contribution in [0.5, 0.6) is 0 Å². The summed E-state index contributed by atoms with van der Waals surface area (Å²) in [7, 11) is 0. The summed E-state index contributed by atoms with van der Waals surface area (Å²) in [6.45, 7) is 2.90. The molecule has 1 aromatic heterocycles. The summed E-state index contributed by atoms with van der Waals surface area (Å²) in [5, 5.41) is 1.05. The molecule has 1 aliphatic heterocycles. The number of rotatable bonds is 4. The van der Waals surface area contributed by atoms with Gasteiger partial charge in [-0.05, 0) is 25.8 Å². The maximum atomic E-state index is 5.91. The van der Waals surface area contributed by atoms with E-state index in [4.69, 9.17) is 10.5 Å². The normalized spacial score (nSPS) is 22.2. The highest BCUT2D eigenvalue weighted by Gasteiger charge is 2.17. The van der Waals surface area contributed by atoms with Crippen LogP contribution < -0.4 is 5.73 Å². The highest BCUT2D eigenvalue weighted by Crippen LogP contribution is 2.27. The van der Waals surface area contributed by atoms with Crippen molar-refractivity contribution in [1.29, 1.82) is 0 Å². The van der Waals surface area contributed by atoms with Gasteiger partial charge < -0.3 is 10.5 Å². The molecule has 1 fully saturated rings. The lowest BCUT2D eigenvalue weighted by Crippen LogP contribution is -2.10. The molecular formula is C12H18N2OS. The maximum Gasteiger partial charge on any atom is 0.101 e. The number of pyridine rings is 1. The zero-order chi connectivity index (χ0) is 11.4. The van der Waals surface area contributed by atoms with E-state index in [9.17, 15) is 0 Å². The summed E-state index contributed by atoms with van der Waals surface area (Å²) < 4.78 is 5.60. The maximum absolute atomic E-state index is 5.91. The monoisotopic (exact) mass is 238 g/mol. The van der Waals surface area contributed by atoms with E-state index < -0.39 is 0 Å². The number of aromatic nitrogens is 1. The molecule has 0 bridgehead atoms. The van der Waals surface area contributed by atoms with Crippen molar-refractivity contribution in [1.82, 2.24) is 4.98 Å². The number of hydrogen-bond acceptors (Lipinski definition) is 4. The second-order valence-electron chi connectivity index (χ2n) is 4.13. The topological polar surface area (TPSA) is 48.1 Å². The van der Waals surface area contributed by atoms with E-state index in [0.717, 1.165) is 22.9 Å². The van der Waals surface area contributed by atoms with Gasteiger partial charge in [-0.3, -0.25) is 0 Å². The second kappa shape index (κ2) is 5.66. The molecule has 2 atom stereocenters. The summed E-state index contributed by atoms with van der Waals surface area (Å²) in [5.74, 6) is 0.983. The van der Waals surface area contributed by atoms with Gasteiger partial charge in [0, 0.05) is 30.2 Å². The Morgan fingerprint density at radius 1 is 1.69 bits per heavy atom. The molecule has 1 unspecified atom stereocenters. The van der Waals surface area contributed by atoms with Crippen LogP contribution in [-0.2, 0) is 4.74 Å². The van der Waals surface area contributed by atoms with Gasteiger partial charge in [0.1, 0.15) is 5.03 Å². The Morgan fingerprint density at radius 2 is 2.56 bits per heavy atom. The smallest absolute Gasteiger partial charge is 0.101 e. The van der Waals surface area contributed by atoms with Crippen molar-refractivity contribution in [2.45, 2.75) is 36.9 Å². The zero-order valence-corrected chi connectivity index (χ0v) is 10.4. The van der Waals surface area contributed by atoms with Crippen LogP contribution in [0.3, 0.4) is 0 Å². The third-order valence-corrected chi connectivity index (χ3v) is 3.87. The molecule has 2 N–H and O–H groups in total. The molecule has 16 heavy (non-hydrogen) atoms. The second-order valence-corrected chi connectivity index (χ2v) is 5.14. The molecule has 2 heterocycles. The first-order valence-electron chi connectivity index (χ1n) is 5.72. The van der Waals surface area contributed by atoms with Crippen molar-refractivity contribution < 1.29 is 4.74 Å². The number of ether oxygens (including phenoxy) is 1. The molecule has 1 aromatic rings. The standard InChI is InChI=1S/C12H18N2OS/c1-9(13)11-5-2-6-14-12(11)16-8-10-4-3-7-15-10/h2,5-6,9-10H,3-4,7-8,13H2,1H3/t9-,10?/m1/s1. The molecular weight excluding hydrogens is 220 g/mol. The summed E-state index contributed by atoms with van der Waals surface area (Å²) in [4.78, 5) is 4.39. The van der Waals surface area contributed by atoms with E-state index in [0.29, 0.717) is 6.10 Å². The van der Waals surface area contributed by atoms with E-state index in [1.165, 1.54) is 12.8 Å². The van der Waals surface area contributed by atoms with Gasteiger partial charge in [-0.15, -0.1) is 11.8 Å². The van der Waals surface area contributed by atoms with Gasteiger partial charge in [-0.1, -0.05) is 6.07 Å². The summed E-state index contributed by atoms with van der Waals surface area (Å²) in [6, 6.07) is 4.03. The first-order chi connectivity index (χ1) is 7.77. The number of thioether (sulfide) groups is 1. The van der Waals surface area contributed by atoms with E-state index in [-0.39, 0.29) is 6.04 Å². The average molecular weight is 238 g/mol. The molecule has 0 amide bonds. The molecule has 0 radical (unpaired) electrons. The van der Waals surface area contributed by atoms with Crippen LogP contribution in [-0.4, -0.2) is 23.4 Å². The minimum Gasteiger partial charge on any atom is -0.377 e. The number of nitrogens with zero attached hydrogens (tertiary/aromatic N) is 1. The third kappa shape index (κ3) is 2.97. The fourth-order valence-electron chi connectivity index (χ4n) is 1.82. The van der Waals surface area contributed by atoms with Gasteiger partial charge in [-0.25, -0.2) is 4.98 Å². The lowest BCUT2D eigenvalue weighted by atomic mass is 10.2. The highest BCUT2D eigenvalue weighted by molar-refractivity contribution is 7.99. The first-order valence-corrected chi connectivity index (χ1v) is 6.71. The highest BCUT2D eigenvalue weighted by atomic mass is 32.2. The summed E-state index contributed by atoms with van der Waals surface area (Å²) in [5.41, 5.74) is 7.04. The van der Waals surface area contributed by atoms with Gasteiger partial charge in [-0.2, -0.15) is 0 Å². The first kappa shape index (κ1) is 11.9. The lowest BCUT2D eigenvalue weighted by Gasteiger charge is -2.13. The SMILES string of the molecule is C[C@@H](N)c1cccnc1SCC1CCCO1. The Bertz CT molecular complexity index is 338. The molecule has 0 aromatic carbocycles. The Labute approximate surface area is 101 Å². The van der Waals surface area contributed by atoms with Crippen LogP contribution in [0.2, 0.25) is 0 Å². The van der Waals surface area contributed by atoms with Crippen LogP contribution in [0.4, 0.5) is 0 Å². The number of hydrogen-bond donors (Lipinski definition) is 1. The molecule has 0 spiro atoms. The van der Waals surface area contributed by atoms with Gasteiger partial charge in [0.25, 0.3) is 0 Å². The molecule has 4 heteroatoms. The minimum atomic E-state index is 0.0423. The Kier molecular flexibility index (Phi) is 4.21.